The summed E-state index contributed by atoms with van der Waals surface area (Å²) in [7, 11) is 0. The van der Waals surface area contributed by atoms with Crippen LogP contribution in [0.15, 0.2) is 29.3 Å². The number of guanidine groups is 1. The first-order chi connectivity index (χ1) is 11.7. The highest BCUT2D eigenvalue weighted by Crippen LogP contribution is 2.16. The monoisotopic (exact) mass is 333 g/mol. The Morgan fingerprint density at radius 1 is 0.958 bits per heavy atom. The van der Waals surface area contributed by atoms with E-state index in [-0.39, 0.29) is 5.82 Å². The molecule has 6 heteroatoms. The molecular formula is C18H28FN5. The fourth-order valence-electron chi connectivity index (χ4n) is 3.43. The highest BCUT2D eigenvalue weighted by Gasteiger charge is 2.18. The van der Waals surface area contributed by atoms with Crippen LogP contribution in [0, 0.1) is 5.82 Å². The van der Waals surface area contributed by atoms with Crippen LogP contribution in [0.25, 0.3) is 0 Å². The minimum atomic E-state index is -0.192. The summed E-state index contributed by atoms with van der Waals surface area (Å²) in [6.45, 7) is 7.67. The summed E-state index contributed by atoms with van der Waals surface area (Å²) in [5, 5.41) is 0. The van der Waals surface area contributed by atoms with Gasteiger partial charge in [0.2, 0.25) is 0 Å². The van der Waals surface area contributed by atoms with Crippen molar-refractivity contribution in [2.24, 2.45) is 10.7 Å². The lowest BCUT2D eigenvalue weighted by atomic mass is 10.1. The molecule has 24 heavy (non-hydrogen) atoms. The first-order valence-electron chi connectivity index (χ1n) is 9.00. The molecule has 2 fully saturated rings. The highest BCUT2D eigenvalue weighted by atomic mass is 19.1. The summed E-state index contributed by atoms with van der Waals surface area (Å²) in [6, 6.07) is 6.69. The summed E-state index contributed by atoms with van der Waals surface area (Å²) in [5.41, 5.74) is 7.22. The van der Waals surface area contributed by atoms with Crippen molar-refractivity contribution in [2.45, 2.75) is 19.3 Å². The minimum absolute atomic E-state index is 0.192. The van der Waals surface area contributed by atoms with Gasteiger partial charge in [0.1, 0.15) is 5.82 Å². The normalized spacial score (nSPS) is 20.5. The van der Waals surface area contributed by atoms with Crippen molar-refractivity contribution in [2.75, 3.05) is 57.3 Å². The van der Waals surface area contributed by atoms with E-state index in [0.717, 1.165) is 45.0 Å². The number of anilines is 1. The molecule has 5 nitrogen and oxygen atoms in total. The predicted octanol–water partition coefficient (Wildman–Crippen LogP) is 1.75. The maximum absolute atomic E-state index is 13.0. The van der Waals surface area contributed by atoms with E-state index in [1.54, 1.807) is 0 Å². The maximum atomic E-state index is 13.0. The number of hydrogen-bond donors (Lipinski definition) is 1. The van der Waals surface area contributed by atoms with Gasteiger partial charge in [0.25, 0.3) is 0 Å². The number of halogens is 1. The van der Waals surface area contributed by atoms with E-state index in [1.807, 2.05) is 12.1 Å². The molecule has 0 aliphatic carbocycles. The Labute approximate surface area is 143 Å². The van der Waals surface area contributed by atoms with Crippen LogP contribution in [0.2, 0.25) is 0 Å². The molecule has 2 heterocycles. The third kappa shape index (κ3) is 4.60. The molecule has 132 valence electrons. The van der Waals surface area contributed by atoms with Crippen molar-refractivity contribution < 1.29 is 4.39 Å². The smallest absolute Gasteiger partial charge is 0.191 e. The number of piperidine rings is 1. The van der Waals surface area contributed by atoms with Crippen molar-refractivity contribution in [3.05, 3.63) is 30.1 Å². The fourth-order valence-corrected chi connectivity index (χ4v) is 3.43. The Morgan fingerprint density at radius 3 is 2.29 bits per heavy atom. The Bertz CT molecular complexity index is 531. The Morgan fingerprint density at radius 2 is 1.62 bits per heavy atom. The average Bonchev–Trinajstić information content (AvgIpc) is 2.63. The Kier molecular flexibility index (Phi) is 5.91. The van der Waals surface area contributed by atoms with Crippen LogP contribution in [0.3, 0.4) is 0 Å². The number of rotatable bonds is 4. The van der Waals surface area contributed by atoms with Crippen molar-refractivity contribution in [3.63, 3.8) is 0 Å². The molecule has 2 aliphatic rings. The molecule has 3 rings (SSSR count). The van der Waals surface area contributed by atoms with Gasteiger partial charge in [-0.3, -0.25) is 4.99 Å². The van der Waals surface area contributed by atoms with Gasteiger partial charge >= 0.3 is 0 Å². The quantitative estimate of drug-likeness (QED) is 0.674. The minimum Gasteiger partial charge on any atom is -0.370 e. The van der Waals surface area contributed by atoms with E-state index in [9.17, 15) is 4.39 Å². The standard InChI is InChI=1S/C18H28FN5/c19-16-4-6-17(7-5-16)23-12-14-24(15-13-23)18(20)21-8-11-22-9-2-1-3-10-22/h4-7H,1-3,8-15H2,(H2,20,21). The molecule has 0 unspecified atom stereocenters. The molecule has 0 atom stereocenters. The number of nitrogens with two attached hydrogens (primary N) is 1. The van der Waals surface area contributed by atoms with Crippen molar-refractivity contribution in [1.29, 1.82) is 0 Å². The lowest BCUT2D eigenvalue weighted by molar-refractivity contribution is 0.235. The molecule has 0 bridgehead atoms. The SMILES string of the molecule is NC(=NCCN1CCCCC1)N1CCN(c2ccc(F)cc2)CC1. The van der Waals surface area contributed by atoms with Crippen LogP contribution in [-0.4, -0.2) is 68.1 Å². The lowest BCUT2D eigenvalue weighted by Gasteiger charge is -2.36. The molecule has 2 aliphatic heterocycles. The molecule has 0 amide bonds. The van der Waals surface area contributed by atoms with Crippen molar-refractivity contribution in [3.8, 4) is 0 Å². The zero-order chi connectivity index (χ0) is 16.8. The molecule has 0 spiro atoms. The summed E-state index contributed by atoms with van der Waals surface area (Å²) in [5.74, 6) is 0.466. The van der Waals surface area contributed by atoms with Gasteiger partial charge in [-0.2, -0.15) is 0 Å². The second kappa shape index (κ2) is 8.33. The van der Waals surface area contributed by atoms with Gasteiger partial charge in [-0.05, 0) is 50.2 Å². The third-order valence-electron chi connectivity index (χ3n) is 4.93. The fraction of sp³-hybridized carbons (Fsp3) is 0.611. The van der Waals surface area contributed by atoms with E-state index in [0.29, 0.717) is 5.96 Å². The van der Waals surface area contributed by atoms with E-state index in [1.165, 1.54) is 44.5 Å². The number of hydrogen-bond acceptors (Lipinski definition) is 3. The third-order valence-corrected chi connectivity index (χ3v) is 4.93. The lowest BCUT2D eigenvalue weighted by Crippen LogP contribution is -2.51. The first-order valence-corrected chi connectivity index (χ1v) is 9.00. The average molecular weight is 333 g/mol. The zero-order valence-electron chi connectivity index (χ0n) is 14.3. The first kappa shape index (κ1) is 17.0. The molecule has 2 N–H and O–H groups in total. The zero-order valence-corrected chi connectivity index (χ0v) is 14.3. The molecule has 0 saturated carbocycles. The van der Waals surface area contributed by atoms with Gasteiger partial charge in [-0.15, -0.1) is 0 Å². The number of benzene rings is 1. The number of piperazine rings is 1. The number of aliphatic imine (C=N–C) groups is 1. The molecule has 1 aromatic carbocycles. The summed E-state index contributed by atoms with van der Waals surface area (Å²) in [6.07, 6.45) is 3.98. The molecule has 1 aromatic rings. The van der Waals surface area contributed by atoms with Gasteiger partial charge in [0, 0.05) is 38.4 Å². The van der Waals surface area contributed by atoms with Crippen LogP contribution in [0.4, 0.5) is 10.1 Å². The second-order valence-electron chi connectivity index (χ2n) is 6.59. The van der Waals surface area contributed by atoms with Crippen LogP contribution in [0.1, 0.15) is 19.3 Å². The molecule has 0 radical (unpaired) electrons. The van der Waals surface area contributed by atoms with Crippen molar-refractivity contribution >= 4 is 11.6 Å². The summed E-state index contributed by atoms with van der Waals surface area (Å²) >= 11 is 0. The van der Waals surface area contributed by atoms with Crippen LogP contribution in [-0.2, 0) is 0 Å². The van der Waals surface area contributed by atoms with Gasteiger partial charge < -0.3 is 20.4 Å². The topological polar surface area (TPSA) is 48.1 Å². The van der Waals surface area contributed by atoms with Crippen LogP contribution >= 0.6 is 0 Å². The molecule has 2 saturated heterocycles. The summed E-state index contributed by atoms with van der Waals surface area (Å²) in [4.78, 5) is 11.5. The summed E-state index contributed by atoms with van der Waals surface area (Å²) < 4.78 is 13.0. The van der Waals surface area contributed by atoms with Crippen molar-refractivity contribution in [1.82, 2.24) is 9.80 Å². The van der Waals surface area contributed by atoms with E-state index >= 15 is 0 Å². The van der Waals surface area contributed by atoms with Gasteiger partial charge in [0.05, 0.1) is 6.54 Å². The maximum Gasteiger partial charge on any atom is 0.191 e. The van der Waals surface area contributed by atoms with E-state index < -0.39 is 0 Å². The Balaban J connectivity index is 1.43. The van der Waals surface area contributed by atoms with Gasteiger partial charge in [-0.25, -0.2) is 4.39 Å². The van der Waals surface area contributed by atoms with Crippen LogP contribution < -0.4 is 10.6 Å². The van der Waals surface area contributed by atoms with Crippen LogP contribution in [0.5, 0.6) is 0 Å². The van der Waals surface area contributed by atoms with E-state index in [4.69, 9.17) is 5.73 Å². The van der Waals surface area contributed by atoms with Gasteiger partial charge in [0.15, 0.2) is 5.96 Å². The molecule has 0 aromatic heterocycles. The number of likely N-dealkylation sites (tertiary alicyclic amines) is 1. The predicted molar refractivity (Wildman–Crippen MR) is 97.0 cm³/mol. The van der Waals surface area contributed by atoms with Gasteiger partial charge in [-0.1, -0.05) is 6.42 Å². The highest BCUT2D eigenvalue weighted by molar-refractivity contribution is 5.78. The van der Waals surface area contributed by atoms with E-state index in [2.05, 4.69) is 19.7 Å². The number of nitrogens with zero attached hydrogens (tertiary/aromatic N) is 4. The molecular weight excluding hydrogens is 305 g/mol. The Hall–Kier alpha value is -1.82. The second-order valence-corrected chi connectivity index (χ2v) is 6.59. The largest absolute Gasteiger partial charge is 0.370 e.